The zero-order chi connectivity index (χ0) is 15.2. The number of nitrogens with zero attached hydrogens (tertiary/aromatic N) is 1. The standard InChI is InChI=1S/C16H24ClN3O/c1-12(14-7-2-3-8-15(14)17)19-16(21)11-20-9-5-4-6-13(20)10-18/h2-3,7-8,12-13H,4-6,9-11,18H2,1H3,(H,19,21). The Labute approximate surface area is 131 Å². The minimum atomic E-state index is -0.0904. The Balaban J connectivity index is 1.90. The number of amides is 1. The molecule has 0 spiro atoms. The van der Waals surface area contributed by atoms with Crippen molar-refractivity contribution in [3.8, 4) is 0 Å². The summed E-state index contributed by atoms with van der Waals surface area (Å²) < 4.78 is 0. The summed E-state index contributed by atoms with van der Waals surface area (Å²) in [7, 11) is 0. The van der Waals surface area contributed by atoms with E-state index in [1.165, 1.54) is 6.42 Å². The van der Waals surface area contributed by atoms with Crippen LogP contribution >= 0.6 is 11.6 Å². The third kappa shape index (κ3) is 4.43. The molecule has 21 heavy (non-hydrogen) atoms. The Kier molecular flexibility index (Phi) is 6.03. The highest BCUT2D eigenvalue weighted by Gasteiger charge is 2.23. The molecule has 1 heterocycles. The number of nitrogens with two attached hydrogens (primary N) is 1. The third-order valence-electron chi connectivity index (χ3n) is 4.12. The molecule has 0 aromatic heterocycles. The summed E-state index contributed by atoms with van der Waals surface area (Å²) in [5.74, 6) is 0.0303. The van der Waals surface area contributed by atoms with Crippen LogP contribution in [0.3, 0.4) is 0 Å². The maximum atomic E-state index is 12.2. The van der Waals surface area contributed by atoms with Gasteiger partial charge in [-0.25, -0.2) is 0 Å². The molecule has 1 aliphatic rings. The van der Waals surface area contributed by atoms with Gasteiger partial charge in [0.25, 0.3) is 0 Å². The van der Waals surface area contributed by atoms with E-state index in [2.05, 4.69) is 10.2 Å². The Morgan fingerprint density at radius 2 is 2.24 bits per heavy atom. The van der Waals surface area contributed by atoms with Gasteiger partial charge >= 0.3 is 0 Å². The average molecular weight is 310 g/mol. The molecule has 0 saturated carbocycles. The van der Waals surface area contributed by atoms with E-state index in [1.54, 1.807) is 0 Å². The molecule has 2 unspecified atom stereocenters. The number of nitrogens with one attached hydrogen (secondary N) is 1. The van der Waals surface area contributed by atoms with Crippen molar-refractivity contribution in [2.75, 3.05) is 19.6 Å². The molecule has 1 saturated heterocycles. The Bertz CT molecular complexity index is 480. The van der Waals surface area contributed by atoms with Crippen LogP contribution in [-0.4, -0.2) is 36.5 Å². The lowest BCUT2D eigenvalue weighted by Gasteiger charge is -2.34. The van der Waals surface area contributed by atoms with Gasteiger partial charge in [0.05, 0.1) is 12.6 Å². The Morgan fingerprint density at radius 1 is 1.48 bits per heavy atom. The summed E-state index contributed by atoms with van der Waals surface area (Å²) in [5.41, 5.74) is 6.74. The van der Waals surface area contributed by atoms with Crippen molar-refractivity contribution in [3.63, 3.8) is 0 Å². The molecule has 1 amide bonds. The van der Waals surface area contributed by atoms with Crippen molar-refractivity contribution in [2.45, 2.75) is 38.3 Å². The van der Waals surface area contributed by atoms with Crippen LogP contribution in [0, 0.1) is 0 Å². The number of benzene rings is 1. The molecule has 4 nitrogen and oxygen atoms in total. The van der Waals surface area contributed by atoms with Gasteiger partial charge in [-0.15, -0.1) is 0 Å². The van der Waals surface area contributed by atoms with E-state index in [9.17, 15) is 4.79 Å². The molecule has 1 aromatic rings. The van der Waals surface area contributed by atoms with Gasteiger partial charge in [-0.3, -0.25) is 9.69 Å². The zero-order valence-corrected chi connectivity index (χ0v) is 13.3. The highest BCUT2D eigenvalue weighted by atomic mass is 35.5. The van der Waals surface area contributed by atoms with Crippen molar-refractivity contribution in [1.82, 2.24) is 10.2 Å². The van der Waals surface area contributed by atoms with Gasteiger partial charge in [0.15, 0.2) is 0 Å². The second-order valence-corrected chi connectivity index (χ2v) is 6.07. The van der Waals surface area contributed by atoms with Gasteiger partial charge in [0.2, 0.25) is 5.91 Å². The summed E-state index contributed by atoms with van der Waals surface area (Å²) in [5, 5.41) is 3.71. The van der Waals surface area contributed by atoms with Gasteiger partial charge < -0.3 is 11.1 Å². The second-order valence-electron chi connectivity index (χ2n) is 5.67. The number of rotatable bonds is 5. The normalized spacial score (nSPS) is 21.0. The van der Waals surface area contributed by atoms with Crippen molar-refractivity contribution in [2.24, 2.45) is 5.73 Å². The van der Waals surface area contributed by atoms with Gasteiger partial charge in [-0.1, -0.05) is 36.2 Å². The average Bonchev–Trinajstić information content (AvgIpc) is 2.48. The van der Waals surface area contributed by atoms with E-state index >= 15 is 0 Å². The van der Waals surface area contributed by atoms with E-state index < -0.39 is 0 Å². The maximum absolute atomic E-state index is 12.2. The van der Waals surface area contributed by atoms with E-state index in [4.69, 9.17) is 17.3 Å². The Morgan fingerprint density at radius 3 is 2.95 bits per heavy atom. The fourth-order valence-corrected chi connectivity index (χ4v) is 3.21. The Hall–Kier alpha value is -1.10. The fraction of sp³-hybridized carbons (Fsp3) is 0.562. The molecular weight excluding hydrogens is 286 g/mol. The smallest absolute Gasteiger partial charge is 0.234 e. The summed E-state index contributed by atoms with van der Waals surface area (Å²) in [6.45, 7) is 3.94. The van der Waals surface area contributed by atoms with Crippen LogP contribution in [0.1, 0.15) is 37.8 Å². The molecule has 2 rings (SSSR count). The summed E-state index contributed by atoms with van der Waals surface area (Å²) >= 11 is 6.16. The van der Waals surface area contributed by atoms with Crippen molar-refractivity contribution in [1.29, 1.82) is 0 Å². The topological polar surface area (TPSA) is 58.4 Å². The summed E-state index contributed by atoms with van der Waals surface area (Å²) in [6, 6.07) is 7.84. The van der Waals surface area contributed by atoms with Gasteiger partial charge in [-0.05, 0) is 37.9 Å². The molecule has 1 aromatic carbocycles. The molecule has 0 aliphatic carbocycles. The number of likely N-dealkylation sites (tertiary alicyclic amines) is 1. The summed E-state index contributed by atoms with van der Waals surface area (Å²) in [6.07, 6.45) is 3.43. The number of halogens is 1. The molecule has 116 valence electrons. The third-order valence-corrected chi connectivity index (χ3v) is 4.46. The first-order chi connectivity index (χ1) is 10.1. The first-order valence-electron chi connectivity index (χ1n) is 7.59. The summed E-state index contributed by atoms with van der Waals surface area (Å²) in [4.78, 5) is 14.4. The lowest BCUT2D eigenvalue weighted by atomic mass is 10.0. The van der Waals surface area contributed by atoms with Gasteiger partial charge in [-0.2, -0.15) is 0 Å². The van der Waals surface area contributed by atoms with Crippen LogP contribution in [0.15, 0.2) is 24.3 Å². The lowest BCUT2D eigenvalue weighted by molar-refractivity contribution is -0.123. The highest BCUT2D eigenvalue weighted by molar-refractivity contribution is 6.31. The molecule has 1 fully saturated rings. The van der Waals surface area contributed by atoms with Crippen LogP contribution < -0.4 is 11.1 Å². The molecule has 0 radical (unpaired) electrons. The fourth-order valence-electron chi connectivity index (χ4n) is 2.91. The minimum absolute atomic E-state index is 0.0303. The van der Waals surface area contributed by atoms with Crippen LogP contribution in [0.4, 0.5) is 0 Å². The molecule has 1 aliphatic heterocycles. The molecule has 2 atom stereocenters. The zero-order valence-electron chi connectivity index (χ0n) is 12.5. The first kappa shape index (κ1) is 16.3. The largest absolute Gasteiger partial charge is 0.348 e. The van der Waals surface area contributed by atoms with Gasteiger partial charge in [0, 0.05) is 17.6 Å². The number of hydrogen-bond acceptors (Lipinski definition) is 3. The van der Waals surface area contributed by atoms with Crippen LogP contribution in [0.5, 0.6) is 0 Å². The first-order valence-corrected chi connectivity index (χ1v) is 7.97. The van der Waals surface area contributed by atoms with Crippen LogP contribution in [-0.2, 0) is 4.79 Å². The van der Waals surface area contributed by atoms with E-state index in [0.717, 1.165) is 24.9 Å². The molecule has 0 bridgehead atoms. The van der Waals surface area contributed by atoms with Crippen LogP contribution in [0.2, 0.25) is 5.02 Å². The highest BCUT2D eigenvalue weighted by Crippen LogP contribution is 2.22. The van der Waals surface area contributed by atoms with Crippen molar-refractivity contribution < 1.29 is 4.79 Å². The monoisotopic (exact) mass is 309 g/mol. The maximum Gasteiger partial charge on any atom is 0.234 e. The van der Waals surface area contributed by atoms with Crippen LogP contribution in [0.25, 0.3) is 0 Å². The quantitative estimate of drug-likeness (QED) is 0.877. The number of hydrogen-bond donors (Lipinski definition) is 2. The number of piperidine rings is 1. The predicted octanol–water partition coefficient (Wildman–Crippen LogP) is 2.33. The van der Waals surface area contributed by atoms with E-state index in [0.29, 0.717) is 24.2 Å². The molecular formula is C16H24ClN3O. The molecule has 5 heteroatoms. The van der Waals surface area contributed by atoms with Crippen molar-refractivity contribution in [3.05, 3.63) is 34.9 Å². The molecule has 3 N–H and O–H groups in total. The van der Waals surface area contributed by atoms with E-state index in [1.807, 2.05) is 31.2 Å². The van der Waals surface area contributed by atoms with Crippen molar-refractivity contribution >= 4 is 17.5 Å². The van der Waals surface area contributed by atoms with Gasteiger partial charge in [0.1, 0.15) is 0 Å². The lowest BCUT2D eigenvalue weighted by Crippen LogP contribution is -2.48. The number of carbonyl (C=O) groups excluding carboxylic acids is 1. The SMILES string of the molecule is CC(NC(=O)CN1CCCCC1CN)c1ccccc1Cl. The predicted molar refractivity (Wildman–Crippen MR) is 86.3 cm³/mol. The van der Waals surface area contributed by atoms with E-state index in [-0.39, 0.29) is 11.9 Å². The second kappa shape index (κ2) is 7.78. The number of carbonyl (C=O) groups is 1. The minimum Gasteiger partial charge on any atom is -0.348 e.